The average molecular weight is 364 g/mol. The molecule has 0 aliphatic heterocycles. The van der Waals surface area contributed by atoms with Crippen molar-refractivity contribution >= 4 is 11.8 Å². The molecule has 2 N–H and O–H groups in total. The van der Waals surface area contributed by atoms with Crippen LogP contribution in [0.25, 0.3) is 0 Å². The number of hydrogen-bond donors (Lipinski definition) is 2. The Morgan fingerprint density at radius 3 is 2.42 bits per heavy atom. The standard InChI is InChI=1S/C19H22F2N2O3/c1-9-16(19(25)26-5)11(3)23-17(9)18(24)12(4)22-10(2)14-7-6-13(20)8-15(14)21/h6-8,10,12,22-23H,1-5H3. The molecule has 1 aromatic carbocycles. The smallest absolute Gasteiger partial charge is 0.339 e. The largest absolute Gasteiger partial charge is 0.465 e. The summed E-state index contributed by atoms with van der Waals surface area (Å²) in [5.74, 6) is -2.12. The number of aromatic nitrogens is 1. The van der Waals surface area contributed by atoms with E-state index in [-0.39, 0.29) is 11.3 Å². The van der Waals surface area contributed by atoms with Crippen LogP contribution in [0.4, 0.5) is 8.78 Å². The van der Waals surface area contributed by atoms with E-state index in [0.29, 0.717) is 22.5 Å². The molecule has 0 fully saturated rings. The summed E-state index contributed by atoms with van der Waals surface area (Å²) in [6.45, 7) is 6.68. The highest BCUT2D eigenvalue weighted by molar-refractivity contribution is 6.03. The van der Waals surface area contributed by atoms with Gasteiger partial charge in [-0.3, -0.25) is 4.79 Å². The second-order valence-electron chi connectivity index (χ2n) is 6.26. The summed E-state index contributed by atoms with van der Waals surface area (Å²) in [6, 6.07) is 2.16. The molecule has 0 aliphatic rings. The average Bonchev–Trinajstić information content (AvgIpc) is 2.87. The fourth-order valence-corrected chi connectivity index (χ4v) is 3.01. The summed E-state index contributed by atoms with van der Waals surface area (Å²) in [5.41, 5.74) is 1.95. The van der Waals surface area contributed by atoms with Gasteiger partial charge >= 0.3 is 5.97 Å². The number of ketones is 1. The first-order valence-electron chi connectivity index (χ1n) is 8.20. The zero-order chi connectivity index (χ0) is 19.6. The van der Waals surface area contributed by atoms with Gasteiger partial charge in [0.05, 0.1) is 24.4 Å². The van der Waals surface area contributed by atoms with E-state index in [1.165, 1.54) is 19.2 Å². The molecule has 2 aromatic rings. The van der Waals surface area contributed by atoms with Gasteiger partial charge in [-0.2, -0.15) is 0 Å². The number of aryl methyl sites for hydroxylation is 1. The lowest BCUT2D eigenvalue weighted by Gasteiger charge is -2.20. The number of hydrogen-bond acceptors (Lipinski definition) is 4. The third-order valence-corrected chi connectivity index (χ3v) is 4.40. The Morgan fingerprint density at radius 1 is 1.19 bits per heavy atom. The molecule has 0 radical (unpaired) electrons. The lowest BCUT2D eigenvalue weighted by molar-refractivity contribution is 0.0599. The van der Waals surface area contributed by atoms with Gasteiger partial charge in [-0.1, -0.05) is 6.07 Å². The van der Waals surface area contributed by atoms with Crippen LogP contribution in [0.1, 0.15) is 57.6 Å². The van der Waals surface area contributed by atoms with Crippen molar-refractivity contribution in [1.29, 1.82) is 0 Å². The molecular formula is C19H22F2N2O3. The van der Waals surface area contributed by atoms with Crippen LogP contribution in [-0.4, -0.2) is 29.9 Å². The van der Waals surface area contributed by atoms with Crippen molar-refractivity contribution in [2.24, 2.45) is 0 Å². The highest BCUT2D eigenvalue weighted by Gasteiger charge is 2.26. The summed E-state index contributed by atoms with van der Waals surface area (Å²) >= 11 is 0. The number of ether oxygens (including phenoxy) is 1. The Kier molecular flexibility index (Phi) is 5.92. The number of halogens is 2. The summed E-state index contributed by atoms with van der Waals surface area (Å²) in [7, 11) is 1.28. The zero-order valence-electron chi connectivity index (χ0n) is 15.4. The molecule has 5 nitrogen and oxygen atoms in total. The van der Waals surface area contributed by atoms with Gasteiger partial charge in [0.1, 0.15) is 11.6 Å². The van der Waals surface area contributed by atoms with Crippen LogP contribution in [0.2, 0.25) is 0 Å². The highest BCUT2D eigenvalue weighted by Crippen LogP contribution is 2.22. The third-order valence-electron chi connectivity index (χ3n) is 4.40. The van der Waals surface area contributed by atoms with Crippen LogP contribution in [0, 0.1) is 25.5 Å². The van der Waals surface area contributed by atoms with Crippen LogP contribution in [-0.2, 0) is 4.74 Å². The Labute approximate surface area is 150 Å². The molecule has 0 aliphatic carbocycles. The summed E-state index contributed by atoms with van der Waals surface area (Å²) in [6.07, 6.45) is 0. The Hall–Kier alpha value is -2.54. The highest BCUT2D eigenvalue weighted by atomic mass is 19.1. The lowest BCUT2D eigenvalue weighted by Crippen LogP contribution is -2.36. The molecule has 1 heterocycles. The van der Waals surface area contributed by atoms with E-state index < -0.39 is 29.7 Å². The van der Waals surface area contributed by atoms with E-state index in [1.807, 2.05) is 0 Å². The quantitative estimate of drug-likeness (QED) is 0.607. The van der Waals surface area contributed by atoms with Crippen molar-refractivity contribution in [3.8, 4) is 0 Å². The van der Waals surface area contributed by atoms with Crippen molar-refractivity contribution in [1.82, 2.24) is 10.3 Å². The Bertz CT molecular complexity index is 846. The minimum atomic E-state index is -0.676. The number of benzene rings is 1. The third kappa shape index (κ3) is 3.83. The summed E-state index contributed by atoms with van der Waals surface area (Å²) in [4.78, 5) is 27.5. The van der Waals surface area contributed by atoms with E-state index in [9.17, 15) is 18.4 Å². The second-order valence-corrected chi connectivity index (χ2v) is 6.26. The topological polar surface area (TPSA) is 71.2 Å². The maximum Gasteiger partial charge on any atom is 0.339 e. The molecule has 7 heteroatoms. The normalized spacial score (nSPS) is 13.3. The number of esters is 1. The van der Waals surface area contributed by atoms with Gasteiger partial charge in [-0.25, -0.2) is 13.6 Å². The Balaban J connectivity index is 2.21. The van der Waals surface area contributed by atoms with Crippen molar-refractivity contribution in [2.45, 2.75) is 39.8 Å². The molecule has 0 saturated heterocycles. The number of H-pyrrole nitrogens is 1. The summed E-state index contributed by atoms with van der Waals surface area (Å²) in [5, 5.41) is 3.01. The first kappa shape index (κ1) is 19.8. The predicted octanol–water partition coefficient (Wildman–Crippen LogP) is 3.62. The van der Waals surface area contributed by atoms with E-state index >= 15 is 0 Å². The minimum Gasteiger partial charge on any atom is -0.465 e. The predicted molar refractivity (Wildman–Crippen MR) is 93.3 cm³/mol. The van der Waals surface area contributed by atoms with E-state index in [2.05, 4.69) is 10.3 Å². The lowest BCUT2D eigenvalue weighted by atomic mass is 10.0. The molecule has 0 amide bonds. The molecular weight excluding hydrogens is 342 g/mol. The maximum absolute atomic E-state index is 13.9. The van der Waals surface area contributed by atoms with Gasteiger partial charge in [-0.15, -0.1) is 0 Å². The number of rotatable bonds is 6. The molecule has 140 valence electrons. The molecule has 0 spiro atoms. The van der Waals surface area contributed by atoms with Crippen molar-refractivity contribution in [3.05, 3.63) is 57.9 Å². The molecule has 2 unspecified atom stereocenters. The van der Waals surface area contributed by atoms with Gasteiger partial charge in [0.2, 0.25) is 0 Å². The van der Waals surface area contributed by atoms with Gasteiger partial charge in [-0.05, 0) is 39.3 Å². The number of methoxy groups -OCH3 is 1. The van der Waals surface area contributed by atoms with Gasteiger partial charge < -0.3 is 15.0 Å². The van der Waals surface area contributed by atoms with Crippen LogP contribution in [0.5, 0.6) is 0 Å². The maximum atomic E-state index is 13.9. The van der Waals surface area contributed by atoms with Crippen LogP contribution in [0.15, 0.2) is 18.2 Å². The molecule has 1 aromatic heterocycles. The van der Waals surface area contributed by atoms with Crippen LogP contribution < -0.4 is 5.32 Å². The van der Waals surface area contributed by atoms with Crippen molar-refractivity contribution in [2.75, 3.05) is 7.11 Å². The molecule has 0 saturated carbocycles. The molecule has 0 bridgehead atoms. The van der Waals surface area contributed by atoms with Gasteiger partial charge in [0, 0.05) is 23.4 Å². The van der Waals surface area contributed by atoms with Crippen molar-refractivity contribution < 1.29 is 23.1 Å². The first-order chi connectivity index (χ1) is 12.2. The Morgan fingerprint density at radius 2 is 1.85 bits per heavy atom. The monoisotopic (exact) mass is 364 g/mol. The van der Waals surface area contributed by atoms with Gasteiger partial charge in [0.25, 0.3) is 0 Å². The number of nitrogens with one attached hydrogen (secondary N) is 2. The summed E-state index contributed by atoms with van der Waals surface area (Å²) < 4.78 is 31.7. The number of carbonyl (C=O) groups excluding carboxylic acids is 2. The van der Waals surface area contributed by atoms with Crippen molar-refractivity contribution in [3.63, 3.8) is 0 Å². The first-order valence-corrected chi connectivity index (χ1v) is 8.20. The fraction of sp³-hybridized carbons (Fsp3) is 0.368. The minimum absolute atomic E-state index is 0.265. The van der Waals surface area contributed by atoms with Crippen LogP contribution in [0.3, 0.4) is 0 Å². The van der Waals surface area contributed by atoms with E-state index in [0.717, 1.165) is 6.07 Å². The number of carbonyl (C=O) groups is 2. The SMILES string of the molecule is COC(=O)c1c(C)[nH]c(C(=O)C(C)NC(C)c2ccc(F)cc2F)c1C. The zero-order valence-corrected chi connectivity index (χ0v) is 15.4. The van der Waals surface area contributed by atoms with E-state index in [4.69, 9.17) is 4.74 Å². The van der Waals surface area contributed by atoms with E-state index in [1.54, 1.807) is 27.7 Å². The number of aromatic amines is 1. The molecule has 26 heavy (non-hydrogen) atoms. The molecule has 2 rings (SSSR count). The fourth-order valence-electron chi connectivity index (χ4n) is 3.01. The number of Topliss-reactive ketones (excluding diaryl/α,β-unsaturated/α-hetero) is 1. The second kappa shape index (κ2) is 7.78. The molecule has 2 atom stereocenters. The van der Waals surface area contributed by atoms with Crippen LogP contribution >= 0.6 is 0 Å². The van der Waals surface area contributed by atoms with Gasteiger partial charge in [0.15, 0.2) is 5.78 Å².